The maximum Gasteiger partial charge on any atom is 0.331 e. The second-order valence-electron chi connectivity index (χ2n) is 10.5. The number of ether oxygens (including phenoxy) is 5. The molecule has 0 aromatic rings. The molecule has 5 rings (SSSR count). The van der Waals surface area contributed by atoms with Crippen LogP contribution in [0.3, 0.4) is 0 Å². The van der Waals surface area contributed by atoms with Crippen molar-refractivity contribution >= 4 is 17.9 Å². The molecule has 0 amide bonds. The minimum atomic E-state index is -0.709. The Bertz CT molecular complexity index is 1070. The molecule has 0 aromatic carbocycles. The maximum atomic E-state index is 12.8. The molecule has 1 N–H and O–H groups in total. The van der Waals surface area contributed by atoms with Crippen LogP contribution in [0.15, 0.2) is 47.6 Å². The number of carbonyl (C=O) groups excluding carboxylic acids is 3. The van der Waals surface area contributed by atoms with Crippen molar-refractivity contribution in [3.8, 4) is 0 Å². The molecule has 36 heavy (non-hydrogen) atoms. The van der Waals surface area contributed by atoms with Gasteiger partial charge in [0.05, 0.1) is 37.3 Å². The van der Waals surface area contributed by atoms with Crippen LogP contribution < -0.4 is 0 Å². The van der Waals surface area contributed by atoms with Gasteiger partial charge in [0.1, 0.15) is 24.9 Å². The van der Waals surface area contributed by atoms with E-state index in [1.54, 1.807) is 13.0 Å². The smallest absolute Gasteiger partial charge is 0.331 e. The summed E-state index contributed by atoms with van der Waals surface area (Å²) >= 11 is 0. The highest BCUT2D eigenvalue weighted by atomic mass is 16.6. The number of hydrogen-bond donors (Lipinski definition) is 1. The van der Waals surface area contributed by atoms with E-state index in [0.29, 0.717) is 25.9 Å². The van der Waals surface area contributed by atoms with Gasteiger partial charge in [0, 0.05) is 24.0 Å². The lowest BCUT2D eigenvalue weighted by Crippen LogP contribution is -2.66. The van der Waals surface area contributed by atoms with Crippen LogP contribution in [0.1, 0.15) is 39.5 Å². The molecular weight excluding hydrogens is 468 g/mol. The van der Waals surface area contributed by atoms with Gasteiger partial charge in [-0.25, -0.2) is 9.59 Å². The zero-order valence-corrected chi connectivity index (χ0v) is 20.6. The Hall–Kier alpha value is -2.75. The average molecular weight is 501 g/mol. The fourth-order valence-electron chi connectivity index (χ4n) is 6.45. The summed E-state index contributed by atoms with van der Waals surface area (Å²) in [5.41, 5.74) is -0.431. The van der Waals surface area contributed by atoms with Crippen LogP contribution in [0.2, 0.25) is 0 Å². The van der Waals surface area contributed by atoms with Crippen molar-refractivity contribution in [3.05, 3.63) is 47.6 Å². The molecule has 3 fully saturated rings. The molecule has 5 aliphatic rings. The van der Waals surface area contributed by atoms with Crippen LogP contribution in [-0.2, 0) is 38.1 Å². The second-order valence-corrected chi connectivity index (χ2v) is 10.5. The van der Waals surface area contributed by atoms with E-state index < -0.39 is 46.5 Å². The number of rotatable bonds is 1. The molecule has 194 valence electrons. The monoisotopic (exact) mass is 500 g/mol. The molecule has 6 unspecified atom stereocenters. The van der Waals surface area contributed by atoms with Crippen molar-refractivity contribution in [1.82, 2.24) is 0 Å². The molecule has 2 aliphatic carbocycles. The number of allylic oxidation sites excluding steroid dienone is 2. The highest BCUT2D eigenvalue weighted by Gasteiger charge is 2.83. The molecule has 6 atom stereocenters. The van der Waals surface area contributed by atoms with Gasteiger partial charge in [-0.1, -0.05) is 31.2 Å². The number of carbonyl (C=O) groups is 3. The molecule has 0 aromatic heterocycles. The van der Waals surface area contributed by atoms with Crippen LogP contribution in [0.5, 0.6) is 0 Å². The van der Waals surface area contributed by atoms with Gasteiger partial charge in [-0.15, -0.1) is 0 Å². The topological polar surface area (TPSA) is 121 Å². The van der Waals surface area contributed by atoms with Gasteiger partial charge in [0.25, 0.3) is 0 Å². The van der Waals surface area contributed by atoms with E-state index in [1.165, 1.54) is 24.3 Å². The van der Waals surface area contributed by atoms with Gasteiger partial charge in [-0.3, -0.25) is 4.79 Å². The standard InChI is InChI=1S/C27H32O9/c1-17-7-8-23(30)33-15-26-10-9-18(13-28)11-20(26)35-21-12-19(25(26,2)27(21)16-34-27)36-24(31)6-4-3-5-22(29)32-14-17/h3-7,11,19-21,28H,8-10,12-16H2,1-2H3. The normalized spacial score (nSPS) is 40.8. The number of aliphatic hydroxyl groups is 1. The lowest BCUT2D eigenvalue weighted by molar-refractivity contribution is -0.233. The summed E-state index contributed by atoms with van der Waals surface area (Å²) in [6.45, 7) is 4.34. The summed E-state index contributed by atoms with van der Waals surface area (Å²) in [4.78, 5) is 37.4. The van der Waals surface area contributed by atoms with E-state index in [0.717, 1.165) is 11.1 Å². The average Bonchev–Trinajstić information content (AvgIpc) is 3.64. The largest absolute Gasteiger partial charge is 0.465 e. The van der Waals surface area contributed by atoms with E-state index >= 15 is 0 Å². The van der Waals surface area contributed by atoms with Gasteiger partial charge in [-0.05, 0) is 30.9 Å². The molecule has 9 heteroatoms. The van der Waals surface area contributed by atoms with E-state index in [-0.39, 0.29) is 32.3 Å². The molecule has 2 spiro atoms. The Balaban J connectivity index is 1.53. The third kappa shape index (κ3) is 3.93. The molecule has 2 saturated heterocycles. The lowest BCUT2D eigenvalue weighted by atomic mass is 9.51. The summed E-state index contributed by atoms with van der Waals surface area (Å²) in [7, 11) is 0. The summed E-state index contributed by atoms with van der Waals surface area (Å²) < 4.78 is 29.6. The van der Waals surface area contributed by atoms with E-state index in [1.807, 2.05) is 6.08 Å². The molecule has 2 bridgehead atoms. The van der Waals surface area contributed by atoms with Crippen LogP contribution in [0, 0.1) is 10.8 Å². The molecule has 1 saturated carbocycles. The van der Waals surface area contributed by atoms with Crippen LogP contribution in [-0.4, -0.2) is 73.4 Å². The Labute approximate surface area is 209 Å². The maximum absolute atomic E-state index is 12.8. The predicted octanol–water partition coefficient (Wildman–Crippen LogP) is 2.09. The van der Waals surface area contributed by atoms with Crippen molar-refractivity contribution in [2.45, 2.75) is 63.4 Å². The Morgan fingerprint density at radius 2 is 1.81 bits per heavy atom. The zero-order chi connectivity index (χ0) is 25.6. The predicted molar refractivity (Wildman–Crippen MR) is 125 cm³/mol. The van der Waals surface area contributed by atoms with Gasteiger partial charge in [0.15, 0.2) is 0 Å². The second kappa shape index (κ2) is 9.28. The summed E-state index contributed by atoms with van der Waals surface area (Å²) in [5, 5.41) is 9.80. The van der Waals surface area contributed by atoms with Crippen molar-refractivity contribution in [3.63, 3.8) is 0 Å². The van der Waals surface area contributed by atoms with Gasteiger partial charge in [0.2, 0.25) is 0 Å². The molecular formula is C27H32O9. The third-order valence-corrected chi connectivity index (χ3v) is 8.68. The Morgan fingerprint density at radius 1 is 1.06 bits per heavy atom. The summed E-state index contributed by atoms with van der Waals surface area (Å²) in [5.74, 6) is -1.53. The minimum Gasteiger partial charge on any atom is -0.465 e. The Morgan fingerprint density at radius 3 is 2.53 bits per heavy atom. The van der Waals surface area contributed by atoms with E-state index in [9.17, 15) is 19.5 Å². The van der Waals surface area contributed by atoms with E-state index in [2.05, 4.69) is 6.92 Å². The first-order valence-corrected chi connectivity index (χ1v) is 12.4. The first kappa shape index (κ1) is 24.9. The minimum absolute atomic E-state index is 0.0285. The third-order valence-electron chi connectivity index (χ3n) is 8.68. The van der Waals surface area contributed by atoms with Crippen molar-refractivity contribution in [2.75, 3.05) is 26.4 Å². The highest BCUT2D eigenvalue weighted by molar-refractivity contribution is 5.84. The first-order valence-electron chi connectivity index (χ1n) is 12.4. The first-order chi connectivity index (χ1) is 17.2. The van der Waals surface area contributed by atoms with Crippen molar-refractivity contribution in [1.29, 1.82) is 0 Å². The van der Waals surface area contributed by atoms with Gasteiger partial charge >= 0.3 is 17.9 Å². The molecule has 3 aliphatic heterocycles. The molecule has 9 nitrogen and oxygen atoms in total. The fraction of sp³-hybridized carbons (Fsp3) is 0.593. The molecule has 0 radical (unpaired) electrons. The quantitative estimate of drug-likeness (QED) is 0.250. The van der Waals surface area contributed by atoms with Crippen LogP contribution in [0.4, 0.5) is 0 Å². The highest BCUT2D eigenvalue weighted by Crippen LogP contribution is 2.72. The van der Waals surface area contributed by atoms with Crippen LogP contribution in [0.25, 0.3) is 0 Å². The molecule has 3 heterocycles. The van der Waals surface area contributed by atoms with Gasteiger partial charge < -0.3 is 28.8 Å². The number of aliphatic hydroxyl groups excluding tert-OH is 1. The van der Waals surface area contributed by atoms with Crippen molar-refractivity contribution in [2.24, 2.45) is 10.8 Å². The number of cyclic esters (lactones) is 2. The lowest BCUT2D eigenvalue weighted by Gasteiger charge is -2.58. The fourth-order valence-corrected chi connectivity index (χ4v) is 6.45. The Kier molecular flexibility index (Phi) is 6.43. The van der Waals surface area contributed by atoms with Crippen molar-refractivity contribution < 1.29 is 43.2 Å². The van der Waals surface area contributed by atoms with E-state index in [4.69, 9.17) is 23.7 Å². The SMILES string of the molecule is CC1=CCC(=O)OCC23CCC(CO)=CC2OC2CC(OC(=O)C=CC=CC(=O)OC1)C3(C)C21CO1. The summed E-state index contributed by atoms with van der Waals surface area (Å²) in [6.07, 6.45) is 9.40. The zero-order valence-electron chi connectivity index (χ0n) is 20.6. The van der Waals surface area contributed by atoms with Crippen LogP contribution >= 0.6 is 0 Å². The van der Waals surface area contributed by atoms with Gasteiger partial charge in [-0.2, -0.15) is 0 Å². The summed E-state index contributed by atoms with van der Waals surface area (Å²) in [6, 6.07) is 0. The number of hydrogen-bond acceptors (Lipinski definition) is 9. The number of epoxide rings is 1. The number of esters is 3.